The number of hydrogen-bond acceptors (Lipinski definition) is 2. The number of halogens is 7. The Hall–Kier alpha value is -2.00. The molecule has 0 aliphatic rings. The van der Waals surface area contributed by atoms with Gasteiger partial charge in [-0.15, -0.1) is 0 Å². The predicted octanol–water partition coefficient (Wildman–Crippen LogP) is 4.96. The van der Waals surface area contributed by atoms with E-state index >= 15 is 0 Å². The van der Waals surface area contributed by atoms with Crippen LogP contribution in [0.1, 0.15) is 5.56 Å². The number of benzene rings is 2. The van der Waals surface area contributed by atoms with Crippen molar-refractivity contribution in [3.05, 3.63) is 47.0 Å². The normalized spacial score (nSPS) is 13.2. The van der Waals surface area contributed by atoms with E-state index in [1.165, 1.54) is 30.3 Å². The first-order valence-electron chi connectivity index (χ1n) is 6.57. The Morgan fingerprint density at radius 2 is 1.48 bits per heavy atom. The van der Waals surface area contributed by atoms with Crippen LogP contribution in [0.2, 0.25) is 5.02 Å². The van der Waals surface area contributed by atoms with Crippen LogP contribution in [0.3, 0.4) is 0 Å². The van der Waals surface area contributed by atoms with E-state index in [4.69, 9.17) is 16.7 Å². The number of aliphatic carboxylic acids is 1. The number of fused-ring (bicyclic) bond motifs is 1. The molecular formula is C15H9ClF6O3. The number of alkyl halides is 6. The molecule has 2 aromatic rings. The average Bonchev–Trinajstić information content (AvgIpc) is 2.44. The molecule has 0 aromatic heterocycles. The lowest BCUT2D eigenvalue weighted by atomic mass is 10.0. The maximum Gasteiger partial charge on any atom is 0.437 e. The van der Waals surface area contributed by atoms with Gasteiger partial charge in [-0.1, -0.05) is 29.8 Å². The highest BCUT2D eigenvalue weighted by Crippen LogP contribution is 2.46. The molecule has 0 spiro atoms. The topological polar surface area (TPSA) is 46.5 Å². The van der Waals surface area contributed by atoms with Crippen molar-refractivity contribution in [2.24, 2.45) is 0 Å². The molecular weight excluding hydrogens is 378 g/mol. The zero-order valence-corrected chi connectivity index (χ0v) is 12.8. The van der Waals surface area contributed by atoms with Crippen LogP contribution in [0.5, 0.6) is 0 Å². The van der Waals surface area contributed by atoms with Gasteiger partial charge in [0.05, 0.1) is 6.61 Å². The Labute approximate surface area is 141 Å². The van der Waals surface area contributed by atoms with Crippen molar-refractivity contribution >= 4 is 28.3 Å². The maximum atomic E-state index is 12.9. The first-order chi connectivity index (χ1) is 11.4. The molecule has 0 fully saturated rings. The molecule has 136 valence electrons. The molecule has 0 atom stereocenters. The summed E-state index contributed by atoms with van der Waals surface area (Å²) < 4.78 is 81.2. The Kier molecular flexibility index (Phi) is 4.93. The Morgan fingerprint density at radius 3 is 2.00 bits per heavy atom. The van der Waals surface area contributed by atoms with Crippen LogP contribution in [0, 0.1) is 0 Å². The largest absolute Gasteiger partial charge is 0.479 e. The van der Waals surface area contributed by atoms with Crippen molar-refractivity contribution in [2.75, 3.05) is 0 Å². The number of carboxylic acid groups (broad SMARTS) is 1. The predicted molar refractivity (Wildman–Crippen MR) is 76.2 cm³/mol. The van der Waals surface area contributed by atoms with Crippen LogP contribution < -0.4 is 0 Å². The van der Waals surface area contributed by atoms with Gasteiger partial charge in [0.25, 0.3) is 0 Å². The fourth-order valence-electron chi connectivity index (χ4n) is 2.18. The highest BCUT2D eigenvalue weighted by Gasteiger charge is 2.78. The number of hydrogen-bond donors (Lipinski definition) is 1. The van der Waals surface area contributed by atoms with Gasteiger partial charge in [-0.2, -0.15) is 26.3 Å². The zero-order valence-electron chi connectivity index (χ0n) is 12.1. The van der Waals surface area contributed by atoms with E-state index in [-0.39, 0.29) is 5.56 Å². The standard InChI is InChI=1S/C15H9ClF6O3/c16-11-4-3-9-5-8(1-2-10(9)6-11)7-25-13(12(23)24,14(17,18)19)15(20,21)22/h1-6H,7H2,(H,23,24). The molecule has 0 radical (unpaired) electrons. The molecule has 25 heavy (non-hydrogen) atoms. The van der Waals surface area contributed by atoms with Gasteiger partial charge < -0.3 is 9.84 Å². The summed E-state index contributed by atoms with van der Waals surface area (Å²) in [6.45, 7) is -1.20. The van der Waals surface area contributed by atoms with Crippen molar-refractivity contribution in [2.45, 2.75) is 24.6 Å². The molecule has 0 unspecified atom stereocenters. The lowest BCUT2D eigenvalue weighted by molar-refractivity contribution is -0.370. The molecule has 3 nitrogen and oxygen atoms in total. The van der Waals surface area contributed by atoms with Gasteiger partial charge in [0.1, 0.15) is 0 Å². The third kappa shape index (κ3) is 3.52. The van der Waals surface area contributed by atoms with Gasteiger partial charge in [0.2, 0.25) is 0 Å². The van der Waals surface area contributed by atoms with Gasteiger partial charge in [-0.05, 0) is 34.5 Å². The third-order valence-corrected chi connectivity index (χ3v) is 3.66. The van der Waals surface area contributed by atoms with Crippen molar-refractivity contribution < 1.29 is 41.0 Å². The summed E-state index contributed by atoms with van der Waals surface area (Å²) >= 11 is 5.77. The minimum Gasteiger partial charge on any atom is -0.479 e. The second-order valence-corrected chi connectivity index (χ2v) is 5.53. The lowest BCUT2D eigenvalue weighted by Gasteiger charge is -2.33. The highest BCUT2D eigenvalue weighted by atomic mass is 35.5. The second-order valence-electron chi connectivity index (χ2n) is 5.10. The minimum atomic E-state index is -6.19. The Morgan fingerprint density at radius 1 is 0.960 bits per heavy atom. The first kappa shape index (κ1) is 19.3. The molecule has 0 heterocycles. The number of carboxylic acids is 1. The van der Waals surface area contributed by atoms with Crippen LogP contribution in [-0.4, -0.2) is 29.0 Å². The zero-order chi connectivity index (χ0) is 19.0. The number of rotatable bonds is 4. The van der Waals surface area contributed by atoms with Crippen molar-refractivity contribution in [3.8, 4) is 0 Å². The molecule has 2 rings (SSSR count). The Balaban J connectivity index is 2.38. The van der Waals surface area contributed by atoms with Gasteiger partial charge in [0, 0.05) is 5.02 Å². The lowest BCUT2D eigenvalue weighted by Crippen LogP contribution is -2.64. The third-order valence-electron chi connectivity index (χ3n) is 3.42. The van der Waals surface area contributed by atoms with Crippen molar-refractivity contribution in [3.63, 3.8) is 0 Å². The summed E-state index contributed by atoms with van der Waals surface area (Å²) in [6, 6.07) is 8.47. The van der Waals surface area contributed by atoms with E-state index in [1.807, 2.05) is 0 Å². The van der Waals surface area contributed by atoms with Crippen LogP contribution in [0.4, 0.5) is 26.3 Å². The molecule has 0 saturated carbocycles. The molecule has 2 aromatic carbocycles. The van der Waals surface area contributed by atoms with E-state index < -0.39 is 30.5 Å². The molecule has 0 aliphatic carbocycles. The average molecular weight is 387 g/mol. The summed E-state index contributed by atoms with van der Waals surface area (Å²) in [7, 11) is 0. The summed E-state index contributed by atoms with van der Waals surface area (Å²) in [6.07, 6.45) is -12.4. The Bertz CT molecular complexity index is 786. The highest BCUT2D eigenvalue weighted by molar-refractivity contribution is 6.31. The monoisotopic (exact) mass is 386 g/mol. The second kappa shape index (κ2) is 6.38. The van der Waals surface area contributed by atoms with Crippen LogP contribution in [0.15, 0.2) is 36.4 Å². The van der Waals surface area contributed by atoms with Crippen LogP contribution in [0.25, 0.3) is 10.8 Å². The van der Waals surface area contributed by atoms with E-state index in [0.717, 1.165) is 0 Å². The van der Waals surface area contributed by atoms with E-state index in [1.54, 1.807) is 6.07 Å². The van der Waals surface area contributed by atoms with E-state index in [2.05, 4.69) is 4.74 Å². The minimum absolute atomic E-state index is 0.0612. The summed E-state index contributed by atoms with van der Waals surface area (Å²) in [5, 5.41) is 10.1. The number of ether oxygens (including phenoxy) is 1. The van der Waals surface area contributed by atoms with Gasteiger partial charge >= 0.3 is 23.9 Å². The van der Waals surface area contributed by atoms with Crippen molar-refractivity contribution in [1.29, 1.82) is 0 Å². The van der Waals surface area contributed by atoms with Crippen molar-refractivity contribution in [1.82, 2.24) is 0 Å². The van der Waals surface area contributed by atoms with Gasteiger partial charge in [0.15, 0.2) is 0 Å². The molecule has 0 bridgehead atoms. The van der Waals surface area contributed by atoms with E-state index in [0.29, 0.717) is 15.8 Å². The van der Waals surface area contributed by atoms with Gasteiger partial charge in [-0.25, -0.2) is 4.79 Å². The molecule has 0 aliphatic heterocycles. The quantitative estimate of drug-likeness (QED) is 0.756. The summed E-state index contributed by atoms with van der Waals surface area (Å²) in [5.74, 6) is -3.18. The first-order valence-corrected chi connectivity index (χ1v) is 6.95. The van der Waals surface area contributed by atoms with Crippen LogP contribution >= 0.6 is 11.6 Å². The summed E-state index contributed by atoms with van der Waals surface area (Å²) in [5.41, 5.74) is -5.37. The molecule has 0 amide bonds. The summed E-state index contributed by atoms with van der Waals surface area (Å²) in [4.78, 5) is 10.8. The number of carbonyl (C=O) groups is 1. The molecule has 0 saturated heterocycles. The molecule has 1 N–H and O–H groups in total. The van der Waals surface area contributed by atoms with Gasteiger partial charge in [-0.3, -0.25) is 0 Å². The molecule has 10 heteroatoms. The smallest absolute Gasteiger partial charge is 0.437 e. The SMILES string of the molecule is O=C(O)C(OCc1ccc2cc(Cl)ccc2c1)(C(F)(F)F)C(F)(F)F. The van der Waals surface area contributed by atoms with Crippen LogP contribution in [-0.2, 0) is 16.1 Å². The maximum absolute atomic E-state index is 12.9. The fraction of sp³-hybridized carbons (Fsp3) is 0.267. The fourth-order valence-corrected chi connectivity index (χ4v) is 2.36. The van der Waals surface area contributed by atoms with E-state index in [9.17, 15) is 31.1 Å².